The van der Waals surface area contributed by atoms with Crippen molar-refractivity contribution in [3.8, 4) is 5.75 Å². The fraction of sp³-hybridized carbons (Fsp3) is 0.571. The van der Waals surface area contributed by atoms with Gasteiger partial charge in [0.05, 0.1) is 19.6 Å². The van der Waals surface area contributed by atoms with Crippen molar-refractivity contribution >= 4 is 17.8 Å². The molecule has 2 amide bonds. The van der Waals surface area contributed by atoms with Crippen LogP contribution in [0.1, 0.15) is 44.0 Å². The van der Waals surface area contributed by atoms with Crippen molar-refractivity contribution in [3.63, 3.8) is 0 Å². The maximum Gasteiger partial charge on any atom is 0.310 e. The zero-order valence-corrected chi connectivity index (χ0v) is 17.1. The van der Waals surface area contributed by atoms with Gasteiger partial charge in [-0.05, 0) is 43.9 Å². The highest BCUT2D eigenvalue weighted by Gasteiger charge is 2.34. The second-order valence-corrected chi connectivity index (χ2v) is 7.30. The van der Waals surface area contributed by atoms with E-state index >= 15 is 0 Å². The zero-order valence-electron chi connectivity index (χ0n) is 17.1. The molecule has 7 nitrogen and oxygen atoms in total. The molecule has 1 heterocycles. The number of hydrogen-bond acceptors (Lipinski definition) is 5. The van der Waals surface area contributed by atoms with E-state index in [0.29, 0.717) is 37.4 Å². The highest BCUT2D eigenvalue weighted by Crippen LogP contribution is 2.20. The number of piperidine rings is 1. The first kappa shape index (κ1) is 21.7. The first-order valence-corrected chi connectivity index (χ1v) is 9.77. The lowest BCUT2D eigenvalue weighted by atomic mass is 9.95. The minimum Gasteiger partial charge on any atom is -0.497 e. The second kappa shape index (κ2) is 10.1. The number of ether oxygens (including phenoxy) is 2. The number of likely N-dealkylation sites (tertiary alicyclic amines) is 1. The van der Waals surface area contributed by atoms with Crippen LogP contribution in [0.2, 0.25) is 0 Å². The highest BCUT2D eigenvalue weighted by molar-refractivity contribution is 5.98. The quantitative estimate of drug-likeness (QED) is 0.722. The van der Waals surface area contributed by atoms with Crippen LogP contribution in [0.5, 0.6) is 5.75 Å². The van der Waals surface area contributed by atoms with E-state index in [9.17, 15) is 14.4 Å². The summed E-state index contributed by atoms with van der Waals surface area (Å²) in [5, 5.41) is 2.85. The van der Waals surface area contributed by atoms with Gasteiger partial charge in [-0.1, -0.05) is 19.9 Å². The van der Waals surface area contributed by atoms with E-state index in [2.05, 4.69) is 5.32 Å². The lowest BCUT2D eigenvalue weighted by Gasteiger charge is -2.35. The standard InChI is InChI=1S/C21H30N2O5/c1-5-28-21(26)16-9-7-11-23(13-16)20(25)18(14(2)3)22-19(24)15-8-6-10-17(12-15)27-4/h6,8,10,12,14,16,18H,5,7,9,11,13H2,1-4H3,(H,22,24). The monoisotopic (exact) mass is 390 g/mol. The molecule has 0 bridgehead atoms. The summed E-state index contributed by atoms with van der Waals surface area (Å²) in [5.41, 5.74) is 0.431. The Bertz CT molecular complexity index is 704. The molecule has 28 heavy (non-hydrogen) atoms. The number of benzene rings is 1. The van der Waals surface area contributed by atoms with Gasteiger partial charge in [0.1, 0.15) is 11.8 Å². The number of nitrogens with zero attached hydrogens (tertiary/aromatic N) is 1. The van der Waals surface area contributed by atoms with Gasteiger partial charge in [0, 0.05) is 18.7 Å². The molecule has 7 heteroatoms. The maximum absolute atomic E-state index is 13.1. The van der Waals surface area contributed by atoms with Crippen LogP contribution < -0.4 is 10.1 Å². The Kier molecular flexibility index (Phi) is 7.84. The molecule has 154 valence electrons. The number of carbonyl (C=O) groups excluding carboxylic acids is 3. The van der Waals surface area contributed by atoms with Crippen LogP contribution in [0.3, 0.4) is 0 Å². The summed E-state index contributed by atoms with van der Waals surface area (Å²) in [4.78, 5) is 39.5. The Balaban J connectivity index is 2.08. The van der Waals surface area contributed by atoms with Gasteiger partial charge in [0.25, 0.3) is 5.91 Å². The number of rotatable bonds is 7. The Hall–Kier alpha value is -2.57. The molecule has 1 N–H and O–H groups in total. The summed E-state index contributed by atoms with van der Waals surface area (Å²) in [5.74, 6) is -0.579. The van der Waals surface area contributed by atoms with Gasteiger partial charge < -0.3 is 19.7 Å². The van der Waals surface area contributed by atoms with Crippen molar-refractivity contribution in [1.82, 2.24) is 10.2 Å². The van der Waals surface area contributed by atoms with Crippen molar-refractivity contribution < 1.29 is 23.9 Å². The SMILES string of the molecule is CCOC(=O)C1CCCN(C(=O)C(NC(=O)c2cccc(OC)c2)C(C)C)C1. The van der Waals surface area contributed by atoms with Crippen LogP contribution >= 0.6 is 0 Å². The average Bonchev–Trinajstić information content (AvgIpc) is 2.71. The zero-order chi connectivity index (χ0) is 20.7. The fourth-order valence-electron chi connectivity index (χ4n) is 3.33. The van der Waals surface area contributed by atoms with Crippen molar-refractivity contribution in [2.45, 2.75) is 39.7 Å². The molecule has 0 radical (unpaired) electrons. The van der Waals surface area contributed by atoms with Gasteiger partial charge >= 0.3 is 5.97 Å². The fourth-order valence-corrected chi connectivity index (χ4v) is 3.33. The Morgan fingerprint density at radius 2 is 2.04 bits per heavy atom. The van der Waals surface area contributed by atoms with E-state index in [-0.39, 0.29) is 29.6 Å². The van der Waals surface area contributed by atoms with Crippen molar-refractivity contribution in [2.24, 2.45) is 11.8 Å². The summed E-state index contributed by atoms with van der Waals surface area (Å²) in [6.07, 6.45) is 1.45. The molecule has 2 rings (SSSR count). The summed E-state index contributed by atoms with van der Waals surface area (Å²) < 4.78 is 10.3. The third-order valence-electron chi connectivity index (χ3n) is 4.90. The van der Waals surface area contributed by atoms with Gasteiger partial charge in [0.15, 0.2) is 0 Å². The molecule has 0 aliphatic carbocycles. The molecule has 1 aliphatic heterocycles. The van der Waals surface area contributed by atoms with Crippen LogP contribution in [0.15, 0.2) is 24.3 Å². The lowest BCUT2D eigenvalue weighted by Crippen LogP contribution is -2.54. The molecular formula is C21H30N2O5. The van der Waals surface area contributed by atoms with Crippen molar-refractivity contribution in [2.75, 3.05) is 26.8 Å². The summed E-state index contributed by atoms with van der Waals surface area (Å²) in [7, 11) is 1.54. The third-order valence-corrected chi connectivity index (χ3v) is 4.90. The molecular weight excluding hydrogens is 360 g/mol. The summed E-state index contributed by atoms with van der Waals surface area (Å²) in [6, 6.07) is 6.13. The van der Waals surface area contributed by atoms with E-state index in [4.69, 9.17) is 9.47 Å². The molecule has 0 saturated carbocycles. The van der Waals surface area contributed by atoms with Crippen LogP contribution in [0.25, 0.3) is 0 Å². The number of amides is 2. The molecule has 2 atom stereocenters. The van der Waals surface area contributed by atoms with E-state index in [0.717, 1.165) is 6.42 Å². The van der Waals surface area contributed by atoms with Crippen molar-refractivity contribution in [3.05, 3.63) is 29.8 Å². The van der Waals surface area contributed by atoms with Gasteiger partial charge in [-0.2, -0.15) is 0 Å². The molecule has 1 aliphatic rings. The lowest BCUT2D eigenvalue weighted by molar-refractivity contribution is -0.151. The second-order valence-electron chi connectivity index (χ2n) is 7.30. The van der Waals surface area contributed by atoms with Crippen LogP contribution in [0, 0.1) is 11.8 Å². The third kappa shape index (κ3) is 5.47. The van der Waals surface area contributed by atoms with E-state index < -0.39 is 6.04 Å². The molecule has 1 fully saturated rings. The Morgan fingerprint density at radius 1 is 1.29 bits per heavy atom. The Labute approximate surface area is 166 Å². The van der Waals surface area contributed by atoms with Gasteiger partial charge in [-0.15, -0.1) is 0 Å². The number of esters is 1. The predicted molar refractivity (Wildman–Crippen MR) is 105 cm³/mol. The molecule has 0 spiro atoms. The Morgan fingerprint density at radius 3 is 2.68 bits per heavy atom. The average molecular weight is 390 g/mol. The van der Waals surface area contributed by atoms with Gasteiger partial charge in [-0.25, -0.2) is 0 Å². The normalized spacial score (nSPS) is 17.8. The van der Waals surface area contributed by atoms with Crippen molar-refractivity contribution in [1.29, 1.82) is 0 Å². The predicted octanol–water partition coefficient (Wildman–Crippen LogP) is 2.25. The minimum absolute atomic E-state index is 0.0926. The van der Waals surface area contributed by atoms with Gasteiger partial charge in [-0.3, -0.25) is 14.4 Å². The van der Waals surface area contributed by atoms with E-state index in [1.165, 1.54) is 7.11 Å². The van der Waals surface area contributed by atoms with Crippen LogP contribution in [-0.2, 0) is 14.3 Å². The van der Waals surface area contributed by atoms with Gasteiger partial charge in [0.2, 0.25) is 5.91 Å². The first-order valence-electron chi connectivity index (χ1n) is 9.77. The molecule has 0 aromatic heterocycles. The summed E-state index contributed by atoms with van der Waals surface area (Å²) >= 11 is 0. The van der Waals surface area contributed by atoms with E-state index in [1.807, 2.05) is 13.8 Å². The molecule has 1 saturated heterocycles. The molecule has 1 aromatic carbocycles. The highest BCUT2D eigenvalue weighted by atomic mass is 16.5. The largest absolute Gasteiger partial charge is 0.497 e. The van der Waals surface area contributed by atoms with Crippen LogP contribution in [0.4, 0.5) is 0 Å². The molecule has 1 aromatic rings. The van der Waals surface area contributed by atoms with Crippen LogP contribution in [-0.4, -0.2) is 55.5 Å². The number of methoxy groups -OCH3 is 1. The van der Waals surface area contributed by atoms with E-state index in [1.54, 1.807) is 36.1 Å². The first-order chi connectivity index (χ1) is 13.4. The topological polar surface area (TPSA) is 84.9 Å². The maximum atomic E-state index is 13.1. The smallest absolute Gasteiger partial charge is 0.310 e. The molecule has 2 unspecified atom stereocenters. The number of nitrogens with one attached hydrogen (secondary N) is 1. The number of hydrogen-bond donors (Lipinski definition) is 1. The minimum atomic E-state index is -0.667. The number of carbonyl (C=O) groups is 3. The summed E-state index contributed by atoms with van der Waals surface area (Å²) in [6.45, 7) is 6.78.